The second-order valence-corrected chi connectivity index (χ2v) is 15.1. The number of fused-ring (bicyclic) bond motifs is 6. The number of rotatable bonds is 6. The molecular formula is C46H37B5N6. The molecule has 0 atom stereocenters. The number of benzene rings is 7. The highest BCUT2D eigenvalue weighted by atomic mass is 15.3. The average molecular weight is 728 g/mol. The molecule has 57 heavy (non-hydrogen) atoms. The van der Waals surface area contributed by atoms with E-state index >= 15 is 0 Å². The van der Waals surface area contributed by atoms with Gasteiger partial charge in [0.15, 0.2) is 5.82 Å². The first-order valence-electron chi connectivity index (χ1n) is 19.5. The van der Waals surface area contributed by atoms with Crippen LogP contribution in [0.2, 0.25) is 0 Å². The van der Waals surface area contributed by atoms with Gasteiger partial charge in [0.25, 0.3) is 0 Å². The Labute approximate surface area is 336 Å². The van der Waals surface area contributed by atoms with Crippen LogP contribution in [0.4, 0.5) is 11.4 Å². The molecule has 0 radical (unpaired) electrons. The van der Waals surface area contributed by atoms with Crippen molar-refractivity contribution in [3.63, 3.8) is 0 Å². The first kappa shape index (κ1) is 34.7. The van der Waals surface area contributed by atoms with Crippen molar-refractivity contribution in [3.05, 3.63) is 146 Å². The summed E-state index contributed by atoms with van der Waals surface area (Å²) in [5, 5.41) is 4.58. The van der Waals surface area contributed by atoms with E-state index in [0.717, 1.165) is 71.7 Å². The van der Waals surface area contributed by atoms with E-state index in [9.17, 15) is 0 Å². The van der Waals surface area contributed by atoms with Gasteiger partial charge < -0.3 is 4.90 Å². The minimum Gasteiger partial charge on any atom is -0.344 e. The van der Waals surface area contributed by atoms with E-state index in [2.05, 4.69) is 206 Å². The summed E-state index contributed by atoms with van der Waals surface area (Å²) >= 11 is 0. The predicted molar refractivity (Wildman–Crippen MR) is 255 cm³/mol. The fourth-order valence-corrected chi connectivity index (χ4v) is 8.78. The summed E-state index contributed by atoms with van der Waals surface area (Å²) < 4.78 is 4.44. The van der Waals surface area contributed by atoms with Crippen molar-refractivity contribution in [2.45, 2.75) is 0 Å². The molecular weight excluding hydrogens is 691 g/mol. The van der Waals surface area contributed by atoms with Gasteiger partial charge >= 0.3 is 0 Å². The Bertz CT molecular complexity index is 3130. The first-order chi connectivity index (χ1) is 27.8. The van der Waals surface area contributed by atoms with Gasteiger partial charge in [0.1, 0.15) is 39.2 Å². The highest BCUT2D eigenvalue weighted by Gasteiger charge is 2.24. The lowest BCUT2D eigenvalue weighted by molar-refractivity contribution is 0.894. The van der Waals surface area contributed by atoms with Gasteiger partial charge in [-0.05, 0) is 48.0 Å². The standard InChI is InChI=1S/C46H37B5N6/c1-55(27-16-6-3-7-17-27)36-25-37-32(24-31(36)26-14-4-2-5-15-26)30-20-10-13-23-35(30)57(37)46-53-44(38-39(47)41(49)43(51)42(50)40(38)48)52-45(54-46)56-33-21-11-8-18-28(33)29-19-9-12-22-34(29)56/h2-25H,47-51H2,1H3. The molecule has 0 N–H and O–H groups in total. The smallest absolute Gasteiger partial charge is 0.240 e. The Kier molecular flexibility index (Phi) is 8.22. The van der Waals surface area contributed by atoms with Crippen LogP contribution in [-0.4, -0.2) is 70.4 Å². The van der Waals surface area contributed by atoms with Crippen LogP contribution in [0.1, 0.15) is 0 Å². The Morgan fingerprint density at radius 1 is 0.439 bits per heavy atom. The normalized spacial score (nSPS) is 11.6. The minimum absolute atomic E-state index is 0.568. The highest BCUT2D eigenvalue weighted by Crippen LogP contribution is 2.42. The van der Waals surface area contributed by atoms with Gasteiger partial charge in [-0.15, -0.1) is 16.4 Å². The number of nitrogens with zero attached hydrogens (tertiary/aromatic N) is 6. The molecule has 266 valence electrons. The molecule has 3 heterocycles. The van der Waals surface area contributed by atoms with Crippen LogP contribution in [-0.2, 0) is 0 Å². The highest BCUT2D eigenvalue weighted by molar-refractivity contribution is 6.68. The third kappa shape index (κ3) is 5.44. The molecule has 0 unspecified atom stereocenters. The van der Waals surface area contributed by atoms with Crippen molar-refractivity contribution < 1.29 is 0 Å². The zero-order chi connectivity index (χ0) is 38.9. The number of para-hydroxylation sites is 4. The first-order valence-corrected chi connectivity index (χ1v) is 19.5. The molecule has 0 spiro atoms. The van der Waals surface area contributed by atoms with Crippen LogP contribution in [0.15, 0.2) is 146 Å². The summed E-state index contributed by atoms with van der Waals surface area (Å²) in [4.78, 5) is 18.6. The van der Waals surface area contributed by atoms with Gasteiger partial charge in [-0.3, -0.25) is 9.13 Å². The summed E-state index contributed by atoms with van der Waals surface area (Å²) in [6.07, 6.45) is 0. The lowest BCUT2D eigenvalue weighted by Gasteiger charge is -2.24. The SMILES string of the molecule is Bc1c(B)c(B)c(-c2nc(-n3c4ccccc4c4ccccc43)nc(-n3c4ccccc4c4cc(-c5ccccc5)c(N(C)c5ccccc5)cc43)n2)c(B)c1B. The lowest BCUT2D eigenvalue weighted by atomic mass is 9.60. The van der Waals surface area contributed by atoms with Crippen molar-refractivity contribution in [2.75, 3.05) is 11.9 Å². The van der Waals surface area contributed by atoms with Gasteiger partial charge in [-0.25, -0.2) is 0 Å². The fraction of sp³-hybridized carbons (Fsp3) is 0.0217. The van der Waals surface area contributed by atoms with Crippen LogP contribution in [0.3, 0.4) is 0 Å². The van der Waals surface area contributed by atoms with Crippen molar-refractivity contribution in [1.82, 2.24) is 24.1 Å². The van der Waals surface area contributed by atoms with E-state index in [-0.39, 0.29) is 0 Å². The molecule has 3 aromatic heterocycles. The quantitative estimate of drug-likeness (QED) is 0.247. The Balaban J connectivity index is 1.34. The van der Waals surface area contributed by atoms with Crippen molar-refractivity contribution in [2.24, 2.45) is 0 Å². The van der Waals surface area contributed by atoms with E-state index in [1.54, 1.807) is 0 Å². The molecule has 0 saturated carbocycles. The summed E-state index contributed by atoms with van der Waals surface area (Å²) in [7, 11) is 13.2. The molecule has 11 heteroatoms. The Morgan fingerprint density at radius 3 is 1.42 bits per heavy atom. The van der Waals surface area contributed by atoms with Crippen LogP contribution in [0.5, 0.6) is 0 Å². The largest absolute Gasteiger partial charge is 0.344 e. The number of aromatic nitrogens is 5. The third-order valence-electron chi connectivity index (χ3n) is 12.2. The zero-order valence-corrected chi connectivity index (χ0v) is 33.0. The summed E-state index contributed by atoms with van der Waals surface area (Å²) in [5.74, 6) is 1.81. The van der Waals surface area contributed by atoms with Crippen LogP contribution in [0, 0.1) is 0 Å². The van der Waals surface area contributed by atoms with Gasteiger partial charge in [0, 0.05) is 45.4 Å². The molecule has 10 aromatic rings. The molecule has 0 bridgehead atoms. The van der Waals surface area contributed by atoms with Crippen LogP contribution < -0.4 is 32.2 Å². The zero-order valence-electron chi connectivity index (χ0n) is 33.0. The van der Waals surface area contributed by atoms with Crippen LogP contribution >= 0.6 is 0 Å². The summed E-state index contributed by atoms with van der Waals surface area (Å²) in [6, 6.07) is 51.5. The second-order valence-electron chi connectivity index (χ2n) is 15.1. The maximum absolute atomic E-state index is 5.48. The number of hydrogen-bond acceptors (Lipinski definition) is 4. The second kappa shape index (κ2) is 13.5. The maximum Gasteiger partial charge on any atom is 0.240 e. The molecule has 7 aromatic carbocycles. The molecule has 0 amide bonds. The maximum atomic E-state index is 5.48. The van der Waals surface area contributed by atoms with Crippen LogP contribution in [0.25, 0.3) is 78.0 Å². The van der Waals surface area contributed by atoms with Crippen molar-refractivity contribution in [1.29, 1.82) is 0 Å². The van der Waals surface area contributed by atoms with Crippen molar-refractivity contribution in [3.8, 4) is 34.4 Å². The Morgan fingerprint density at radius 2 is 0.877 bits per heavy atom. The van der Waals surface area contributed by atoms with E-state index < -0.39 is 0 Å². The van der Waals surface area contributed by atoms with E-state index in [4.69, 9.17) is 15.0 Å². The average Bonchev–Trinajstić information content (AvgIpc) is 3.77. The minimum atomic E-state index is 0.568. The molecule has 10 rings (SSSR count). The Hall–Kier alpha value is -6.73. The predicted octanol–water partition coefficient (Wildman–Crippen LogP) is 2.46. The topological polar surface area (TPSA) is 51.8 Å². The monoisotopic (exact) mass is 728 g/mol. The van der Waals surface area contributed by atoms with E-state index in [0.29, 0.717) is 17.7 Å². The van der Waals surface area contributed by atoms with E-state index in [1.165, 1.54) is 27.3 Å². The van der Waals surface area contributed by atoms with Gasteiger partial charge in [0.05, 0.1) is 27.8 Å². The lowest BCUT2D eigenvalue weighted by Crippen LogP contribution is -2.55. The fourth-order valence-electron chi connectivity index (χ4n) is 8.78. The summed E-state index contributed by atoms with van der Waals surface area (Å²) in [5.41, 5.74) is 15.9. The number of hydrogen-bond donors (Lipinski definition) is 0. The molecule has 0 aliphatic carbocycles. The third-order valence-corrected chi connectivity index (χ3v) is 12.2. The van der Waals surface area contributed by atoms with E-state index in [1.807, 2.05) is 0 Å². The van der Waals surface area contributed by atoms with Gasteiger partial charge in [-0.1, -0.05) is 114 Å². The van der Waals surface area contributed by atoms with Gasteiger partial charge in [-0.2, -0.15) is 15.0 Å². The molecule has 0 fully saturated rings. The summed E-state index contributed by atoms with van der Waals surface area (Å²) in [6.45, 7) is 0. The molecule has 6 nitrogen and oxygen atoms in total. The number of anilines is 2. The molecule has 0 saturated heterocycles. The molecule has 0 aliphatic rings. The molecule has 0 aliphatic heterocycles. The van der Waals surface area contributed by atoms with Gasteiger partial charge in [0.2, 0.25) is 11.9 Å². The van der Waals surface area contributed by atoms with Crippen molar-refractivity contribution >= 4 is 122 Å².